The number of hydrogen-bond donors (Lipinski definition) is 1. The van der Waals surface area contributed by atoms with Crippen LogP contribution in [-0.4, -0.2) is 16.3 Å². The van der Waals surface area contributed by atoms with Crippen molar-refractivity contribution in [2.45, 2.75) is 52.0 Å². The Morgan fingerprint density at radius 1 is 1.24 bits per heavy atom. The van der Waals surface area contributed by atoms with E-state index in [-0.39, 0.29) is 0 Å². The molecule has 0 saturated heterocycles. The summed E-state index contributed by atoms with van der Waals surface area (Å²) in [6.07, 6.45) is 8.17. The number of hydrogen-bond acceptors (Lipinski definition) is 2. The first-order valence-corrected chi connectivity index (χ1v) is 8.17. The zero-order chi connectivity index (χ0) is 14.7. The topological polar surface area (TPSA) is 29.9 Å². The van der Waals surface area contributed by atoms with E-state index in [9.17, 15) is 0 Å². The number of fused-ring (bicyclic) bond motifs is 1. The van der Waals surface area contributed by atoms with E-state index in [1.165, 1.54) is 48.2 Å². The Labute approximate surface area is 127 Å². The predicted molar refractivity (Wildman–Crippen MR) is 86.9 cm³/mol. The van der Waals surface area contributed by atoms with Crippen LogP contribution in [0.15, 0.2) is 30.5 Å². The fourth-order valence-corrected chi connectivity index (χ4v) is 3.16. The summed E-state index contributed by atoms with van der Waals surface area (Å²) >= 11 is 0. The average molecular weight is 283 g/mol. The molecule has 2 aromatic rings. The quantitative estimate of drug-likeness (QED) is 0.861. The lowest BCUT2D eigenvalue weighted by atomic mass is 10.1. The minimum atomic E-state index is 0.474. The molecule has 112 valence electrons. The maximum atomic E-state index is 4.67. The zero-order valence-electron chi connectivity index (χ0n) is 13.1. The number of aryl methyl sites for hydroxylation is 1. The standard InChI is InChI=1S/C18H25N3/c1-3-12-19-17-6-4-5-7-18-16(17)13-20-21(18)15-10-8-14(2)9-11-15/h8-11,13,17,19H,3-7,12H2,1-2H3. The van der Waals surface area contributed by atoms with Gasteiger partial charge in [0.1, 0.15) is 0 Å². The first-order chi connectivity index (χ1) is 10.3. The van der Waals surface area contributed by atoms with Gasteiger partial charge in [-0.05, 0) is 51.3 Å². The number of aromatic nitrogens is 2. The molecule has 0 aliphatic heterocycles. The molecule has 3 rings (SSSR count). The monoisotopic (exact) mass is 283 g/mol. The molecule has 1 aliphatic carbocycles. The third-order valence-electron chi connectivity index (χ3n) is 4.35. The normalized spacial score (nSPS) is 18.3. The van der Waals surface area contributed by atoms with Crippen LogP contribution in [0.25, 0.3) is 5.69 Å². The van der Waals surface area contributed by atoms with Gasteiger partial charge in [-0.3, -0.25) is 0 Å². The summed E-state index contributed by atoms with van der Waals surface area (Å²) in [5.41, 5.74) is 5.27. The van der Waals surface area contributed by atoms with Crippen molar-refractivity contribution in [3.05, 3.63) is 47.3 Å². The SMILES string of the molecule is CCCNC1CCCCc2c1cnn2-c1ccc(C)cc1. The van der Waals surface area contributed by atoms with Gasteiger partial charge in [-0.1, -0.05) is 31.0 Å². The molecule has 0 saturated carbocycles. The van der Waals surface area contributed by atoms with E-state index in [4.69, 9.17) is 0 Å². The molecule has 1 aromatic carbocycles. The van der Waals surface area contributed by atoms with Crippen LogP contribution in [0.2, 0.25) is 0 Å². The van der Waals surface area contributed by atoms with Gasteiger partial charge in [0, 0.05) is 17.3 Å². The van der Waals surface area contributed by atoms with Crippen LogP contribution in [0.5, 0.6) is 0 Å². The number of nitrogens with zero attached hydrogens (tertiary/aromatic N) is 2. The smallest absolute Gasteiger partial charge is 0.0649 e. The molecule has 0 amide bonds. The molecule has 1 N–H and O–H groups in total. The van der Waals surface area contributed by atoms with Crippen molar-refractivity contribution in [3.8, 4) is 5.69 Å². The molecule has 21 heavy (non-hydrogen) atoms. The highest BCUT2D eigenvalue weighted by atomic mass is 15.3. The largest absolute Gasteiger partial charge is 0.310 e. The lowest BCUT2D eigenvalue weighted by molar-refractivity contribution is 0.489. The molecule has 0 bridgehead atoms. The van der Waals surface area contributed by atoms with Gasteiger partial charge in [0.25, 0.3) is 0 Å². The Balaban J connectivity index is 1.94. The lowest BCUT2D eigenvalue weighted by Crippen LogP contribution is -2.22. The van der Waals surface area contributed by atoms with Gasteiger partial charge in [0.05, 0.1) is 11.9 Å². The summed E-state index contributed by atoms with van der Waals surface area (Å²) in [5, 5.41) is 8.36. The third kappa shape index (κ3) is 3.03. The molecule has 0 fully saturated rings. The van der Waals surface area contributed by atoms with Gasteiger partial charge < -0.3 is 5.32 Å². The Morgan fingerprint density at radius 2 is 2.05 bits per heavy atom. The molecule has 1 heterocycles. The molecule has 3 heteroatoms. The van der Waals surface area contributed by atoms with Crippen molar-refractivity contribution in [2.24, 2.45) is 0 Å². The van der Waals surface area contributed by atoms with Crippen molar-refractivity contribution >= 4 is 0 Å². The summed E-state index contributed by atoms with van der Waals surface area (Å²) in [4.78, 5) is 0. The lowest BCUT2D eigenvalue weighted by Gasteiger charge is -2.16. The minimum Gasteiger partial charge on any atom is -0.310 e. The second kappa shape index (κ2) is 6.44. The van der Waals surface area contributed by atoms with Crippen LogP contribution in [-0.2, 0) is 6.42 Å². The molecule has 3 nitrogen and oxygen atoms in total. The summed E-state index contributed by atoms with van der Waals surface area (Å²) in [6, 6.07) is 9.13. The second-order valence-electron chi connectivity index (χ2n) is 6.05. The number of rotatable bonds is 4. The first kappa shape index (κ1) is 14.3. The minimum absolute atomic E-state index is 0.474. The molecule has 1 aliphatic rings. The van der Waals surface area contributed by atoms with Crippen molar-refractivity contribution in [1.82, 2.24) is 15.1 Å². The van der Waals surface area contributed by atoms with Gasteiger partial charge in [-0.25, -0.2) is 4.68 Å². The van der Waals surface area contributed by atoms with Gasteiger partial charge >= 0.3 is 0 Å². The van der Waals surface area contributed by atoms with E-state index in [2.05, 4.69) is 59.4 Å². The van der Waals surface area contributed by atoms with Crippen LogP contribution in [0.1, 0.15) is 55.5 Å². The number of benzene rings is 1. The summed E-state index contributed by atoms with van der Waals surface area (Å²) < 4.78 is 2.14. The van der Waals surface area contributed by atoms with Crippen LogP contribution in [0.3, 0.4) is 0 Å². The third-order valence-corrected chi connectivity index (χ3v) is 4.35. The predicted octanol–water partition coefficient (Wildman–Crippen LogP) is 3.95. The second-order valence-corrected chi connectivity index (χ2v) is 6.05. The Morgan fingerprint density at radius 3 is 2.81 bits per heavy atom. The molecular weight excluding hydrogens is 258 g/mol. The highest BCUT2D eigenvalue weighted by molar-refractivity contribution is 5.38. The van der Waals surface area contributed by atoms with Crippen LogP contribution in [0, 0.1) is 6.92 Å². The Bertz CT molecular complexity index is 583. The van der Waals surface area contributed by atoms with Crippen molar-refractivity contribution < 1.29 is 0 Å². The fourth-order valence-electron chi connectivity index (χ4n) is 3.16. The maximum Gasteiger partial charge on any atom is 0.0649 e. The van der Waals surface area contributed by atoms with Crippen molar-refractivity contribution in [1.29, 1.82) is 0 Å². The van der Waals surface area contributed by atoms with E-state index in [1.807, 2.05) is 0 Å². The van der Waals surface area contributed by atoms with Gasteiger partial charge in [0.2, 0.25) is 0 Å². The summed E-state index contributed by atoms with van der Waals surface area (Å²) in [7, 11) is 0. The van der Waals surface area contributed by atoms with Gasteiger partial charge in [0.15, 0.2) is 0 Å². The van der Waals surface area contributed by atoms with E-state index < -0.39 is 0 Å². The molecule has 1 aromatic heterocycles. The van der Waals surface area contributed by atoms with E-state index >= 15 is 0 Å². The van der Waals surface area contributed by atoms with Crippen LogP contribution >= 0.6 is 0 Å². The maximum absolute atomic E-state index is 4.67. The van der Waals surface area contributed by atoms with Gasteiger partial charge in [-0.15, -0.1) is 0 Å². The highest BCUT2D eigenvalue weighted by Crippen LogP contribution is 2.30. The molecule has 1 unspecified atom stereocenters. The molecular formula is C18H25N3. The van der Waals surface area contributed by atoms with Crippen LogP contribution < -0.4 is 5.32 Å². The van der Waals surface area contributed by atoms with E-state index in [1.54, 1.807) is 0 Å². The Kier molecular flexibility index (Phi) is 4.39. The Hall–Kier alpha value is -1.61. The van der Waals surface area contributed by atoms with Crippen molar-refractivity contribution in [2.75, 3.05) is 6.54 Å². The molecule has 1 atom stereocenters. The fraction of sp³-hybridized carbons (Fsp3) is 0.500. The molecule has 0 radical (unpaired) electrons. The summed E-state index contributed by atoms with van der Waals surface area (Å²) in [6.45, 7) is 5.43. The van der Waals surface area contributed by atoms with Crippen molar-refractivity contribution in [3.63, 3.8) is 0 Å². The molecule has 0 spiro atoms. The highest BCUT2D eigenvalue weighted by Gasteiger charge is 2.22. The van der Waals surface area contributed by atoms with E-state index in [0.717, 1.165) is 13.0 Å². The van der Waals surface area contributed by atoms with E-state index in [0.29, 0.717) is 6.04 Å². The summed E-state index contributed by atoms with van der Waals surface area (Å²) in [5.74, 6) is 0. The van der Waals surface area contributed by atoms with Crippen LogP contribution in [0.4, 0.5) is 0 Å². The zero-order valence-corrected chi connectivity index (χ0v) is 13.1. The number of nitrogens with one attached hydrogen (secondary N) is 1. The van der Waals surface area contributed by atoms with Gasteiger partial charge in [-0.2, -0.15) is 5.10 Å². The average Bonchev–Trinajstić information content (AvgIpc) is 2.81. The first-order valence-electron chi connectivity index (χ1n) is 8.17.